The second-order valence-electron chi connectivity index (χ2n) is 6.80. The fourth-order valence-corrected chi connectivity index (χ4v) is 2.74. The largest absolute Gasteiger partial charge is 0.493 e. The lowest BCUT2D eigenvalue weighted by atomic mass is 10.0. The van der Waals surface area contributed by atoms with Crippen LogP contribution < -0.4 is 10.1 Å². The van der Waals surface area contributed by atoms with E-state index < -0.39 is 24.0 Å². The van der Waals surface area contributed by atoms with Crippen LogP contribution in [0.25, 0.3) is 0 Å². The number of rotatable bonds is 10. The van der Waals surface area contributed by atoms with Crippen molar-refractivity contribution in [2.24, 2.45) is 0 Å². The first-order valence-corrected chi connectivity index (χ1v) is 9.60. The molecule has 30 heavy (non-hydrogen) atoms. The van der Waals surface area contributed by atoms with Crippen molar-refractivity contribution in [1.29, 1.82) is 0 Å². The summed E-state index contributed by atoms with van der Waals surface area (Å²) in [5.41, 5.74) is 1.71. The van der Waals surface area contributed by atoms with Crippen LogP contribution in [-0.4, -0.2) is 36.0 Å². The molecule has 0 fully saturated rings. The standard InChI is InChI=1S/C22H26FNO6/c1-4-28-19-10-5-15(12-20(21(25)26)30-14(2)3)11-16(19)13-29-22(27)24-18-8-6-17(23)7-9-18/h5-11,14,20H,4,12-13H2,1-3H3,(H,24,27)(H,25,26). The number of carbonyl (C=O) groups excluding carboxylic acids is 1. The Labute approximate surface area is 174 Å². The molecule has 0 spiro atoms. The second-order valence-corrected chi connectivity index (χ2v) is 6.80. The van der Waals surface area contributed by atoms with Gasteiger partial charge in [0.2, 0.25) is 0 Å². The first kappa shape index (κ1) is 23.2. The monoisotopic (exact) mass is 419 g/mol. The van der Waals surface area contributed by atoms with Crippen LogP contribution in [0.5, 0.6) is 5.75 Å². The smallest absolute Gasteiger partial charge is 0.411 e. The number of benzene rings is 2. The predicted molar refractivity (Wildman–Crippen MR) is 109 cm³/mol. The highest BCUT2D eigenvalue weighted by molar-refractivity contribution is 5.84. The van der Waals surface area contributed by atoms with E-state index >= 15 is 0 Å². The van der Waals surface area contributed by atoms with Gasteiger partial charge in [-0.15, -0.1) is 0 Å². The Balaban J connectivity index is 2.08. The van der Waals surface area contributed by atoms with Gasteiger partial charge in [-0.25, -0.2) is 14.0 Å². The van der Waals surface area contributed by atoms with Crippen LogP contribution in [-0.2, 0) is 27.3 Å². The number of carboxylic acids is 1. The molecule has 2 aromatic rings. The number of hydrogen-bond acceptors (Lipinski definition) is 5. The number of halogens is 1. The van der Waals surface area contributed by atoms with Crippen molar-refractivity contribution in [2.75, 3.05) is 11.9 Å². The number of aliphatic carboxylic acids is 1. The number of amides is 1. The van der Waals surface area contributed by atoms with Gasteiger partial charge in [-0.3, -0.25) is 5.32 Å². The van der Waals surface area contributed by atoms with E-state index in [-0.39, 0.29) is 19.1 Å². The second kappa shape index (κ2) is 11.2. The number of nitrogens with one attached hydrogen (secondary N) is 1. The van der Waals surface area contributed by atoms with E-state index in [0.29, 0.717) is 29.2 Å². The Kier molecular flexibility index (Phi) is 8.61. The molecule has 2 rings (SSSR count). The molecule has 0 saturated heterocycles. The van der Waals surface area contributed by atoms with Crippen LogP contribution in [0.3, 0.4) is 0 Å². The molecule has 0 aliphatic rings. The van der Waals surface area contributed by atoms with Crippen LogP contribution in [0.1, 0.15) is 31.9 Å². The Hall–Kier alpha value is -3.13. The molecule has 0 aliphatic heterocycles. The predicted octanol–water partition coefficient (Wildman–Crippen LogP) is 4.39. The number of hydrogen-bond donors (Lipinski definition) is 2. The Morgan fingerprint density at radius 1 is 1.13 bits per heavy atom. The topological polar surface area (TPSA) is 94.1 Å². The summed E-state index contributed by atoms with van der Waals surface area (Å²) < 4.78 is 29.2. The van der Waals surface area contributed by atoms with E-state index in [1.807, 2.05) is 6.92 Å². The maximum Gasteiger partial charge on any atom is 0.411 e. The van der Waals surface area contributed by atoms with Gasteiger partial charge in [0.1, 0.15) is 18.2 Å². The zero-order chi connectivity index (χ0) is 22.1. The molecule has 1 amide bonds. The van der Waals surface area contributed by atoms with Gasteiger partial charge < -0.3 is 19.3 Å². The van der Waals surface area contributed by atoms with Gasteiger partial charge in [0.25, 0.3) is 0 Å². The molecule has 2 aromatic carbocycles. The van der Waals surface area contributed by atoms with E-state index in [9.17, 15) is 19.1 Å². The highest BCUT2D eigenvalue weighted by atomic mass is 19.1. The maximum absolute atomic E-state index is 13.0. The van der Waals surface area contributed by atoms with Gasteiger partial charge in [-0.2, -0.15) is 0 Å². The average molecular weight is 419 g/mol. The van der Waals surface area contributed by atoms with Crippen LogP contribution in [0.4, 0.5) is 14.9 Å². The van der Waals surface area contributed by atoms with Crippen LogP contribution >= 0.6 is 0 Å². The Bertz CT molecular complexity index is 853. The third-order valence-electron chi connectivity index (χ3n) is 4.01. The minimum Gasteiger partial charge on any atom is -0.493 e. The van der Waals surface area contributed by atoms with Crippen molar-refractivity contribution in [1.82, 2.24) is 0 Å². The van der Waals surface area contributed by atoms with E-state index in [2.05, 4.69) is 5.32 Å². The molecule has 0 aliphatic carbocycles. The molecular formula is C22H26FNO6. The molecule has 0 aromatic heterocycles. The summed E-state index contributed by atoms with van der Waals surface area (Å²) in [6.45, 7) is 5.71. The lowest BCUT2D eigenvalue weighted by molar-refractivity contribution is -0.153. The zero-order valence-electron chi connectivity index (χ0n) is 17.2. The Morgan fingerprint density at radius 3 is 2.43 bits per heavy atom. The summed E-state index contributed by atoms with van der Waals surface area (Å²) in [6, 6.07) is 10.5. The fraction of sp³-hybridized carbons (Fsp3) is 0.364. The number of carbonyl (C=O) groups is 2. The fourth-order valence-electron chi connectivity index (χ4n) is 2.74. The highest BCUT2D eigenvalue weighted by Crippen LogP contribution is 2.23. The van der Waals surface area contributed by atoms with E-state index in [1.165, 1.54) is 24.3 Å². The molecular weight excluding hydrogens is 393 g/mol. The highest BCUT2D eigenvalue weighted by Gasteiger charge is 2.21. The molecule has 2 N–H and O–H groups in total. The molecule has 0 saturated carbocycles. The lowest BCUT2D eigenvalue weighted by Crippen LogP contribution is -2.29. The van der Waals surface area contributed by atoms with Crippen LogP contribution in [0.2, 0.25) is 0 Å². The van der Waals surface area contributed by atoms with Crippen molar-refractivity contribution < 1.29 is 33.3 Å². The van der Waals surface area contributed by atoms with Gasteiger partial charge in [0, 0.05) is 17.7 Å². The van der Waals surface area contributed by atoms with E-state index in [0.717, 1.165) is 0 Å². The number of carboxylic acid groups (broad SMARTS) is 1. The molecule has 7 nitrogen and oxygen atoms in total. The first-order valence-electron chi connectivity index (χ1n) is 9.60. The van der Waals surface area contributed by atoms with Crippen LogP contribution in [0, 0.1) is 5.82 Å². The Morgan fingerprint density at radius 2 is 1.83 bits per heavy atom. The summed E-state index contributed by atoms with van der Waals surface area (Å²) in [4.78, 5) is 23.5. The van der Waals surface area contributed by atoms with Crippen molar-refractivity contribution in [3.63, 3.8) is 0 Å². The van der Waals surface area contributed by atoms with Crippen LogP contribution in [0.15, 0.2) is 42.5 Å². The molecule has 1 unspecified atom stereocenters. The SMILES string of the molecule is CCOc1ccc(CC(OC(C)C)C(=O)O)cc1COC(=O)Nc1ccc(F)cc1. The third kappa shape index (κ3) is 7.36. The molecule has 0 heterocycles. The van der Waals surface area contributed by atoms with Gasteiger partial charge >= 0.3 is 12.1 Å². The summed E-state index contributed by atoms with van der Waals surface area (Å²) in [5, 5.41) is 11.9. The van der Waals surface area contributed by atoms with Crippen molar-refractivity contribution in [2.45, 2.75) is 46.0 Å². The van der Waals surface area contributed by atoms with Crippen molar-refractivity contribution >= 4 is 17.7 Å². The first-order chi connectivity index (χ1) is 14.3. The summed E-state index contributed by atoms with van der Waals surface area (Å²) in [6.07, 6.45) is -1.76. The van der Waals surface area contributed by atoms with Gasteiger partial charge in [-0.1, -0.05) is 6.07 Å². The average Bonchev–Trinajstić information content (AvgIpc) is 2.69. The molecule has 8 heteroatoms. The molecule has 1 atom stereocenters. The zero-order valence-corrected chi connectivity index (χ0v) is 17.2. The minimum atomic E-state index is -1.05. The molecule has 162 valence electrons. The number of ether oxygens (including phenoxy) is 3. The summed E-state index contributed by atoms with van der Waals surface area (Å²) in [5.74, 6) is -0.922. The number of anilines is 1. The van der Waals surface area contributed by atoms with E-state index in [4.69, 9.17) is 14.2 Å². The molecule has 0 radical (unpaired) electrons. The maximum atomic E-state index is 13.0. The summed E-state index contributed by atoms with van der Waals surface area (Å²) >= 11 is 0. The van der Waals surface area contributed by atoms with Gasteiger partial charge in [0.05, 0.1) is 12.7 Å². The normalized spacial score (nSPS) is 11.8. The summed E-state index contributed by atoms with van der Waals surface area (Å²) in [7, 11) is 0. The van der Waals surface area contributed by atoms with Crippen molar-refractivity contribution in [3.05, 3.63) is 59.4 Å². The quantitative estimate of drug-likeness (QED) is 0.593. The van der Waals surface area contributed by atoms with Gasteiger partial charge in [0.15, 0.2) is 6.10 Å². The third-order valence-corrected chi connectivity index (χ3v) is 4.01. The van der Waals surface area contributed by atoms with Gasteiger partial charge in [-0.05, 0) is 62.7 Å². The minimum absolute atomic E-state index is 0.0843. The molecule has 0 bridgehead atoms. The van der Waals surface area contributed by atoms with Crippen molar-refractivity contribution in [3.8, 4) is 5.75 Å². The van der Waals surface area contributed by atoms with E-state index in [1.54, 1.807) is 32.0 Å². The lowest BCUT2D eigenvalue weighted by Gasteiger charge is -2.18.